The predicted molar refractivity (Wildman–Crippen MR) is 112 cm³/mol. The Morgan fingerprint density at radius 1 is 1.03 bits per heavy atom. The molecule has 3 aromatic rings. The molecule has 0 unspecified atom stereocenters. The lowest BCUT2D eigenvalue weighted by Gasteiger charge is -2.18. The van der Waals surface area contributed by atoms with Gasteiger partial charge < -0.3 is 24.8 Å². The number of carboxylic acids is 1. The fourth-order valence-corrected chi connectivity index (χ4v) is 3.80. The summed E-state index contributed by atoms with van der Waals surface area (Å²) in [7, 11) is 0. The van der Waals surface area contributed by atoms with Crippen molar-refractivity contribution in [1.82, 2.24) is 9.88 Å². The first-order valence-corrected chi connectivity index (χ1v) is 9.67. The van der Waals surface area contributed by atoms with Gasteiger partial charge in [0.2, 0.25) is 5.43 Å². The van der Waals surface area contributed by atoms with Crippen LogP contribution in [0.15, 0.2) is 71.8 Å². The Kier molecular flexibility index (Phi) is 5.44. The van der Waals surface area contributed by atoms with Crippen LogP contribution in [0.3, 0.4) is 0 Å². The maximum Gasteiger partial charge on any atom is 0.407 e. The molecule has 1 amide bonds. The van der Waals surface area contributed by atoms with E-state index < -0.39 is 29.3 Å². The van der Waals surface area contributed by atoms with Crippen molar-refractivity contribution in [2.45, 2.75) is 18.5 Å². The Morgan fingerprint density at radius 2 is 1.65 bits per heavy atom. The average Bonchev–Trinajstić information content (AvgIpc) is 3.08. The summed E-state index contributed by atoms with van der Waals surface area (Å²) in [5.74, 6) is -1.92. The molecule has 0 radical (unpaired) electrons. The quantitative estimate of drug-likeness (QED) is 0.564. The van der Waals surface area contributed by atoms with Gasteiger partial charge in [0, 0.05) is 24.4 Å². The van der Waals surface area contributed by atoms with Crippen LogP contribution < -0.4 is 10.7 Å². The second-order valence-electron chi connectivity index (χ2n) is 7.25. The first-order chi connectivity index (χ1) is 14.9. The van der Waals surface area contributed by atoms with E-state index in [9.17, 15) is 24.6 Å². The van der Waals surface area contributed by atoms with Gasteiger partial charge in [0.25, 0.3) is 0 Å². The first-order valence-electron chi connectivity index (χ1n) is 9.67. The SMILES string of the molecule is O=C(N[C@@H](Cn1ccc(=O)c(O)c1)C(=O)O)OCC1c2ccccc2-c2ccccc21. The lowest BCUT2D eigenvalue weighted by molar-refractivity contribution is -0.139. The van der Waals surface area contributed by atoms with Crippen molar-refractivity contribution < 1.29 is 24.5 Å². The Labute approximate surface area is 177 Å². The van der Waals surface area contributed by atoms with Gasteiger partial charge in [-0.05, 0) is 22.3 Å². The molecule has 8 heteroatoms. The molecule has 1 aliphatic rings. The molecule has 8 nitrogen and oxygen atoms in total. The summed E-state index contributed by atoms with van der Waals surface area (Å²) in [4.78, 5) is 35.2. The molecule has 1 atom stereocenters. The number of ether oxygens (including phenoxy) is 1. The molecule has 0 saturated carbocycles. The molecule has 158 valence electrons. The van der Waals surface area contributed by atoms with Crippen LogP contribution in [0.5, 0.6) is 5.75 Å². The van der Waals surface area contributed by atoms with Gasteiger partial charge in [-0.3, -0.25) is 4.79 Å². The van der Waals surface area contributed by atoms with Crippen molar-refractivity contribution in [1.29, 1.82) is 0 Å². The van der Waals surface area contributed by atoms with E-state index in [0.717, 1.165) is 34.5 Å². The van der Waals surface area contributed by atoms with E-state index in [1.165, 1.54) is 10.8 Å². The van der Waals surface area contributed by atoms with Crippen LogP contribution in [-0.2, 0) is 16.1 Å². The Morgan fingerprint density at radius 3 is 2.23 bits per heavy atom. The molecule has 1 aliphatic carbocycles. The highest BCUT2D eigenvalue weighted by Crippen LogP contribution is 2.44. The number of hydrogen-bond acceptors (Lipinski definition) is 5. The molecular weight excluding hydrogens is 400 g/mol. The molecule has 3 N–H and O–H groups in total. The maximum absolute atomic E-state index is 12.3. The van der Waals surface area contributed by atoms with Crippen molar-refractivity contribution in [3.05, 3.63) is 88.3 Å². The highest BCUT2D eigenvalue weighted by atomic mass is 16.5. The zero-order chi connectivity index (χ0) is 22.0. The number of benzene rings is 2. The molecule has 1 heterocycles. The van der Waals surface area contributed by atoms with Crippen LogP contribution in [0.25, 0.3) is 11.1 Å². The van der Waals surface area contributed by atoms with Crippen LogP contribution in [0.4, 0.5) is 4.79 Å². The van der Waals surface area contributed by atoms with E-state index >= 15 is 0 Å². The number of alkyl carbamates (subject to hydrolysis) is 1. The number of nitrogens with one attached hydrogen (secondary N) is 1. The second-order valence-corrected chi connectivity index (χ2v) is 7.25. The largest absolute Gasteiger partial charge is 0.503 e. The molecule has 0 fully saturated rings. The highest BCUT2D eigenvalue weighted by Gasteiger charge is 2.29. The smallest absolute Gasteiger partial charge is 0.407 e. The minimum Gasteiger partial charge on any atom is -0.503 e. The predicted octanol–water partition coefficient (Wildman–Crippen LogP) is 2.55. The van der Waals surface area contributed by atoms with E-state index in [1.54, 1.807) is 0 Å². The van der Waals surface area contributed by atoms with E-state index in [4.69, 9.17) is 4.74 Å². The summed E-state index contributed by atoms with van der Waals surface area (Å²) in [6, 6.07) is 15.6. The van der Waals surface area contributed by atoms with E-state index in [1.807, 2.05) is 48.5 Å². The zero-order valence-electron chi connectivity index (χ0n) is 16.4. The van der Waals surface area contributed by atoms with Crippen LogP contribution in [0.2, 0.25) is 0 Å². The highest BCUT2D eigenvalue weighted by molar-refractivity contribution is 5.81. The Hall–Kier alpha value is -4.07. The summed E-state index contributed by atoms with van der Waals surface area (Å²) in [5, 5.41) is 21.3. The number of fused-ring (bicyclic) bond motifs is 3. The fraction of sp³-hybridized carbons (Fsp3) is 0.174. The third-order valence-electron chi connectivity index (χ3n) is 5.29. The molecule has 0 bridgehead atoms. The van der Waals surface area contributed by atoms with Gasteiger partial charge >= 0.3 is 12.1 Å². The molecule has 2 aromatic carbocycles. The van der Waals surface area contributed by atoms with Crippen molar-refractivity contribution in [3.63, 3.8) is 0 Å². The molecule has 4 rings (SSSR count). The number of carboxylic acid groups (broad SMARTS) is 1. The number of carbonyl (C=O) groups is 2. The summed E-state index contributed by atoms with van der Waals surface area (Å²) in [6.45, 7) is -0.127. The standard InChI is InChI=1S/C23H20N2O6/c26-20-9-10-25(12-21(20)27)11-19(22(28)29)24-23(30)31-13-18-16-7-3-1-5-14(16)15-6-2-4-8-17(15)18/h1-10,12,18-19,27H,11,13H2,(H,24,30)(H,28,29)/t19-/m0/s1. The molecule has 1 aromatic heterocycles. The summed E-state index contributed by atoms with van der Waals surface area (Å²) in [6.07, 6.45) is 1.58. The third kappa shape index (κ3) is 4.13. The van der Waals surface area contributed by atoms with Gasteiger partial charge in [0.05, 0.1) is 6.54 Å². The molecule has 0 aliphatic heterocycles. The van der Waals surface area contributed by atoms with Crippen molar-refractivity contribution >= 4 is 12.1 Å². The fourth-order valence-electron chi connectivity index (χ4n) is 3.80. The Bertz CT molecular complexity index is 1160. The maximum atomic E-state index is 12.3. The third-order valence-corrected chi connectivity index (χ3v) is 5.29. The molecular formula is C23H20N2O6. The number of nitrogens with zero attached hydrogens (tertiary/aromatic N) is 1. The average molecular weight is 420 g/mol. The minimum absolute atomic E-state index is 0.0605. The molecule has 0 spiro atoms. The number of aromatic nitrogens is 1. The lowest BCUT2D eigenvalue weighted by atomic mass is 9.98. The second kappa shape index (κ2) is 8.35. The van der Waals surface area contributed by atoms with Crippen LogP contribution in [0, 0.1) is 0 Å². The number of amides is 1. The number of pyridine rings is 1. The van der Waals surface area contributed by atoms with E-state index in [-0.39, 0.29) is 19.1 Å². The summed E-state index contributed by atoms with van der Waals surface area (Å²) in [5.41, 5.74) is 3.71. The molecule has 0 saturated heterocycles. The number of carbonyl (C=O) groups excluding carboxylic acids is 1. The first kappa shape index (κ1) is 20.2. The monoisotopic (exact) mass is 420 g/mol. The summed E-state index contributed by atoms with van der Waals surface area (Å²) >= 11 is 0. The summed E-state index contributed by atoms with van der Waals surface area (Å²) < 4.78 is 6.68. The van der Waals surface area contributed by atoms with E-state index in [0.29, 0.717) is 0 Å². The minimum atomic E-state index is -1.31. The number of aromatic hydroxyl groups is 1. The topological polar surface area (TPSA) is 118 Å². The number of aliphatic carboxylic acids is 1. The number of rotatable bonds is 6. The van der Waals surface area contributed by atoms with E-state index in [2.05, 4.69) is 5.32 Å². The van der Waals surface area contributed by atoms with Crippen LogP contribution >= 0.6 is 0 Å². The van der Waals surface area contributed by atoms with Gasteiger partial charge in [-0.25, -0.2) is 9.59 Å². The van der Waals surface area contributed by atoms with Crippen molar-refractivity contribution in [2.24, 2.45) is 0 Å². The molecule has 31 heavy (non-hydrogen) atoms. The normalized spacial score (nSPS) is 13.2. The van der Waals surface area contributed by atoms with Crippen molar-refractivity contribution in [3.8, 4) is 16.9 Å². The van der Waals surface area contributed by atoms with Crippen LogP contribution in [0.1, 0.15) is 17.0 Å². The van der Waals surface area contributed by atoms with Gasteiger partial charge in [-0.15, -0.1) is 0 Å². The van der Waals surface area contributed by atoms with Gasteiger partial charge in [-0.2, -0.15) is 0 Å². The van der Waals surface area contributed by atoms with Crippen LogP contribution in [-0.4, -0.2) is 39.5 Å². The lowest BCUT2D eigenvalue weighted by Crippen LogP contribution is -2.44. The zero-order valence-corrected chi connectivity index (χ0v) is 16.4. The van der Waals surface area contributed by atoms with Crippen molar-refractivity contribution in [2.75, 3.05) is 6.61 Å². The van der Waals surface area contributed by atoms with Gasteiger partial charge in [-0.1, -0.05) is 48.5 Å². The Balaban J connectivity index is 1.44. The van der Waals surface area contributed by atoms with Gasteiger partial charge in [0.1, 0.15) is 12.6 Å². The number of hydrogen-bond donors (Lipinski definition) is 3. The van der Waals surface area contributed by atoms with Gasteiger partial charge in [0.15, 0.2) is 5.75 Å².